The molecule has 2 heterocycles. The Labute approximate surface area is 131 Å². The second-order valence-electron chi connectivity index (χ2n) is 4.21. The summed E-state index contributed by atoms with van der Waals surface area (Å²) < 4.78 is 64.0. The molecule has 0 fully saturated rings. The molecule has 11 heteroatoms. The summed E-state index contributed by atoms with van der Waals surface area (Å²) in [5.41, 5.74) is -5.58. The second-order valence-corrected chi connectivity index (χ2v) is 6.64. The summed E-state index contributed by atoms with van der Waals surface area (Å²) in [4.78, 5) is 12.1. The van der Waals surface area contributed by atoms with Crippen molar-refractivity contribution in [3.05, 3.63) is 36.0 Å². The number of thiazole rings is 1. The predicted octanol–water partition coefficient (Wildman–Crippen LogP) is 2.98. The number of hydrogen-bond donors (Lipinski definition) is 0. The molecule has 0 aliphatic rings. The van der Waals surface area contributed by atoms with Gasteiger partial charge in [0.1, 0.15) is 5.52 Å². The number of benzene rings is 1. The fourth-order valence-corrected chi connectivity index (χ4v) is 2.74. The van der Waals surface area contributed by atoms with E-state index in [9.17, 15) is 21.6 Å². The number of para-hydroxylation sites is 1. The normalized spacial score (nSPS) is 12.5. The van der Waals surface area contributed by atoms with Crippen molar-refractivity contribution < 1.29 is 25.8 Å². The predicted molar refractivity (Wildman–Crippen MR) is 76.2 cm³/mol. The highest BCUT2D eigenvalue weighted by molar-refractivity contribution is 7.88. The molecule has 3 rings (SSSR count). The monoisotopic (exact) mass is 361 g/mol. The summed E-state index contributed by atoms with van der Waals surface area (Å²) in [6.45, 7) is 0. The molecule has 0 atom stereocenters. The van der Waals surface area contributed by atoms with E-state index in [2.05, 4.69) is 19.1 Å². The first-order chi connectivity index (χ1) is 10.8. The van der Waals surface area contributed by atoms with Crippen molar-refractivity contribution in [2.45, 2.75) is 5.51 Å². The lowest BCUT2D eigenvalue weighted by molar-refractivity contribution is -0.0499. The summed E-state index contributed by atoms with van der Waals surface area (Å²) in [6.07, 6.45) is 2.87. The molecule has 0 saturated carbocycles. The van der Waals surface area contributed by atoms with E-state index < -0.39 is 21.4 Å². The van der Waals surface area contributed by atoms with Crippen molar-refractivity contribution in [3.8, 4) is 16.6 Å². The standard InChI is InChI=1S/C12H6F3N3O3S2/c13-12(14,15)23(19,20)21-8-3-1-2-7-6-17-10(18-9(7)8)11-16-4-5-22-11/h1-6H. The Hall–Kier alpha value is -2.27. The number of nitrogens with zero attached hydrogens (tertiary/aromatic N) is 3. The van der Waals surface area contributed by atoms with Gasteiger partial charge < -0.3 is 4.18 Å². The first kappa shape index (κ1) is 15.6. The van der Waals surface area contributed by atoms with Crippen LogP contribution in [0.2, 0.25) is 0 Å². The molecule has 0 aliphatic heterocycles. The first-order valence-corrected chi connectivity index (χ1v) is 8.23. The highest BCUT2D eigenvalue weighted by Crippen LogP contribution is 2.31. The summed E-state index contributed by atoms with van der Waals surface area (Å²) in [6, 6.07) is 3.95. The maximum Gasteiger partial charge on any atom is 0.534 e. The van der Waals surface area contributed by atoms with Crippen molar-refractivity contribution in [3.63, 3.8) is 0 Å². The largest absolute Gasteiger partial charge is 0.534 e. The maximum atomic E-state index is 12.5. The Balaban J connectivity index is 2.12. The van der Waals surface area contributed by atoms with Crippen LogP contribution in [0.3, 0.4) is 0 Å². The third-order valence-corrected chi connectivity index (χ3v) is 4.42. The molecular weight excluding hydrogens is 355 g/mol. The first-order valence-electron chi connectivity index (χ1n) is 5.94. The second kappa shape index (κ2) is 5.42. The van der Waals surface area contributed by atoms with Crippen LogP contribution in [0.4, 0.5) is 13.2 Å². The smallest absolute Gasteiger partial charge is 0.374 e. The number of halogens is 3. The zero-order valence-electron chi connectivity index (χ0n) is 11.0. The topological polar surface area (TPSA) is 82.0 Å². The van der Waals surface area contributed by atoms with Gasteiger partial charge in [0, 0.05) is 23.2 Å². The Kier molecular flexibility index (Phi) is 3.68. The van der Waals surface area contributed by atoms with Gasteiger partial charge in [-0.15, -0.1) is 11.3 Å². The van der Waals surface area contributed by atoms with Gasteiger partial charge >= 0.3 is 15.6 Å². The van der Waals surface area contributed by atoms with Gasteiger partial charge in [-0.3, -0.25) is 0 Å². The van der Waals surface area contributed by atoms with Crippen LogP contribution < -0.4 is 4.18 Å². The van der Waals surface area contributed by atoms with Crippen LogP contribution in [0.1, 0.15) is 0 Å². The average Bonchev–Trinajstić information content (AvgIpc) is 3.00. The number of aromatic nitrogens is 3. The molecule has 0 bridgehead atoms. The molecule has 0 amide bonds. The SMILES string of the molecule is O=S(=O)(Oc1cccc2cnc(-c3nccs3)nc12)C(F)(F)F. The van der Waals surface area contributed by atoms with Crippen LogP contribution in [0.15, 0.2) is 36.0 Å². The van der Waals surface area contributed by atoms with Crippen LogP contribution in [-0.4, -0.2) is 28.9 Å². The Morgan fingerprint density at radius 1 is 1.17 bits per heavy atom. The number of fused-ring (bicyclic) bond motifs is 1. The molecule has 120 valence electrons. The number of alkyl halides is 3. The molecule has 0 N–H and O–H groups in total. The third kappa shape index (κ3) is 2.97. The quantitative estimate of drug-likeness (QED) is 0.527. The van der Waals surface area contributed by atoms with Crippen molar-refractivity contribution in [2.24, 2.45) is 0 Å². The highest BCUT2D eigenvalue weighted by Gasteiger charge is 2.48. The Bertz CT molecular complexity index is 957. The van der Waals surface area contributed by atoms with E-state index in [0.29, 0.717) is 10.4 Å². The van der Waals surface area contributed by atoms with Crippen LogP contribution in [0.5, 0.6) is 5.75 Å². The van der Waals surface area contributed by atoms with Crippen molar-refractivity contribution >= 4 is 32.4 Å². The van der Waals surface area contributed by atoms with Gasteiger partial charge in [-0.1, -0.05) is 12.1 Å². The van der Waals surface area contributed by atoms with E-state index in [1.807, 2.05) is 0 Å². The van der Waals surface area contributed by atoms with Gasteiger partial charge in [0.2, 0.25) is 0 Å². The molecule has 0 unspecified atom stereocenters. The van der Waals surface area contributed by atoms with E-state index in [1.54, 1.807) is 5.38 Å². The Morgan fingerprint density at radius 2 is 1.96 bits per heavy atom. The summed E-state index contributed by atoms with van der Waals surface area (Å²) >= 11 is 1.23. The minimum atomic E-state index is -5.78. The van der Waals surface area contributed by atoms with Gasteiger partial charge in [0.05, 0.1) is 0 Å². The number of hydrogen-bond acceptors (Lipinski definition) is 7. The Morgan fingerprint density at radius 3 is 2.61 bits per heavy atom. The van der Waals surface area contributed by atoms with E-state index in [0.717, 1.165) is 6.07 Å². The minimum Gasteiger partial charge on any atom is -0.374 e. The highest BCUT2D eigenvalue weighted by atomic mass is 32.2. The average molecular weight is 361 g/mol. The van der Waals surface area contributed by atoms with Crippen LogP contribution in [-0.2, 0) is 10.1 Å². The van der Waals surface area contributed by atoms with E-state index in [1.165, 1.54) is 35.9 Å². The molecule has 23 heavy (non-hydrogen) atoms. The zero-order chi connectivity index (χ0) is 16.7. The van der Waals surface area contributed by atoms with Crippen molar-refractivity contribution in [1.29, 1.82) is 0 Å². The van der Waals surface area contributed by atoms with Crippen molar-refractivity contribution in [2.75, 3.05) is 0 Å². The fourth-order valence-electron chi connectivity index (χ4n) is 1.70. The lowest BCUT2D eigenvalue weighted by atomic mass is 10.2. The lowest BCUT2D eigenvalue weighted by Gasteiger charge is -2.11. The van der Waals surface area contributed by atoms with E-state index in [4.69, 9.17) is 0 Å². The van der Waals surface area contributed by atoms with Crippen LogP contribution in [0.25, 0.3) is 21.7 Å². The molecule has 0 spiro atoms. The molecule has 0 aliphatic carbocycles. The summed E-state index contributed by atoms with van der Waals surface area (Å²) in [5.74, 6) is -0.368. The molecular formula is C12H6F3N3O3S2. The zero-order valence-corrected chi connectivity index (χ0v) is 12.6. The molecule has 1 aromatic carbocycles. The van der Waals surface area contributed by atoms with Gasteiger partial charge in [-0.2, -0.15) is 21.6 Å². The van der Waals surface area contributed by atoms with Crippen LogP contribution >= 0.6 is 11.3 Å². The summed E-state index contributed by atoms with van der Waals surface area (Å²) in [7, 11) is -5.78. The van der Waals surface area contributed by atoms with Crippen molar-refractivity contribution in [1.82, 2.24) is 15.0 Å². The molecule has 0 radical (unpaired) electrons. The van der Waals surface area contributed by atoms with Gasteiger partial charge in [-0.25, -0.2) is 15.0 Å². The van der Waals surface area contributed by atoms with Gasteiger partial charge in [-0.05, 0) is 6.07 Å². The fraction of sp³-hybridized carbons (Fsp3) is 0.0833. The maximum absolute atomic E-state index is 12.5. The van der Waals surface area contributed by atoms with Gasteiger partial charge in [0.15, 0.2) is 16.6 Å². The molecule has 2 aromatic heterocycles. The summed E-state index contributed by atoms with van der Waals surface area (Å²) in [5, 5.41) is 2.46. The molecule has 6 nitrogen and oxygen atoms in total. The minimum absolute atomic E-state index is 0.0551. The van der Waals surface area contributed by atoms with E-state index in [-0.39, 0.29) is 11.3 Å². The lowest BCUT2D eigenvalue weighted by Crippen LogP contribution is -2.28. The molecule has 3 aromatic rings. The molecule has 0 saturated heterocycles. The van der Waals surface area contributed by atoms with E-state index >= 15 is 0 Å². The third-order valence-electron chi connectivity index (χ3n) is 2.68. The number of rotatable bonds is 3. The van der Waals surface area contributed by atoms with Crippen LogP contribution in [0, 0.1) is 0 Å². The van der Waals surface area contributed by atoms with Gasteiger partial charge in [0.25, 0.3) is 0 Å².